The molecule has 0 spiro atoms. The highest BCUT2D eigenvalue weighted by Gasteiger charge is 2.34. The lowest BCUT2D eigenvalue weighted by Gasteiger charge is -2.34. The van der Waals surface area contributed by atoms with Crippen molar-refractivity contribution in [2.75, 3.05) is 13.2 Å². The topological polar surface area (TPSA) is 71.1 Å². The van der Waals surface area contributed by atoms with Crippen LogP contribution in [0, 0.1) is 0 Å². The summed E-state index contributed by atoms with van der Waals surface area (Å²) in [6.07, 6.45) is 4.16. The van der Waals surface area contributed by atoms with Crippen molar-refractivity contribution in [3.05, 3.63) is 0 Å². The third-order valence-electron chi connectivity index (χ3n) is 4.59. The van der Waals surface area contributed by atoms with Crippen LogP contribution in [-0.2, 0) is 28.5 Å². The molecule has 6 nitrogen and oxygen atoms in total. The summed E-state index contributed by atoms with van der Waals surface area (Å²) in [6, 6.07) is 0. The van der Waals surface area contributed by atoms with E-state index in [0.29, 0.717) is 38.9 Å². The average molecular weight is 312 g/mol. The normalized spacial score (nSPS) is 37.6. The second-order valence-corrected chi connectivity index (χ2v) is 6.24. The van der Waals surface area contributed by atoms with Gasteiger partial charge in [0, 0.05) is 26.1 Å². The molecule has 0 radical (unpaired) electrons. The van der Waals surface area contributed by atoms with Crippen LogP contribution in [0.1, 0.15) is 51.4 Å². The van der Waals surface area contributed by atoms with Crippen LogP contribution in [0.25, 0.3) is 0 Å². The van der Waals surface area contributed by atoms with E-state index in [1.807, 2.05) is 0 Å². The smallest absolute Gasteiger partial charge is 0.306 e. The first-order valence-electron chi connectivity index (χ1n) is 8.34. The van der Waals surface area contributed by atoms with E-state index in [9.17, 15) is 9.59 Å². The summed E-state index contributed by atoms with van der Waals surface area (Å²) in [7, 11) is 0. The van der Waals surface area contributed by atoms with Gasteiger partial charge in [-0.25, -0.2) is 0 Å². The zero-order valence-electron chi connectivity index (χ0n) is 12.8. The van der Waals surface area contributed by atoms with Crippen LogP contribution in [0.4, 0.5) is 0 Å². The molecule has 0 amide bonds. The first-order chi connectivity index (χ1) is 10.7. The summed E-state index contributed by atoms with van der Waals surface area (Å²) in [5.41, 5.74) is 0. The fourth-order valence-corrected chi connectivity index (χ4v) is 3.41. The van der Waals surface area contributed by atoms with E-state index >= 15 is 0 Å². The third kappa shape index (κ3) is 3.98. The number of hydrogen-bond acceptors (Lipinski definition) is 6. The maximum Gasteiger partial charge on any atom is 0.306 e. The van der Waals surface area contributed by atoms with Gasteiger partial charge in [-0.3, -0.25) is 9.59 Å². The Kier molecular flexibility index (Phi) is 5.31. The van der Waals surface area contributed by atoms with Crippen molar-refractivity contribution in [3.63, 3.8) is 0 Å². The Hall–Kier alpha value is -1.14. The molecule has 124 valence electrons. The lowest BCUT2D eigenvalue weighted by molar-refractivity contribution is -0.175. The van der Waals surface area contributed by atoms with Gasteiger partial charge in [0.2, 0.25) is 0 Å². The maximum atomic E-state index is 12.1. The van der Waals surface area contributed by atoms with Gasteiger partial charge in [-0.1, -0.05) is 0 Å². The molecule has 6 heteroatoms. The molecule has 3 aliphatic rings. The van der Waals surface area contributed by atoms with Crippen molar-refractivity contribution in [3.8, 4) is 0 Å². The summed E-state index contributed by atoms with van der Waals surface area (Å²) in [5, 5.41) is 0. The molecule has 0 aromatic carbocycles. The van der Waals surface area contributed by atoms with Gasteiger partial charge in [0.25, 0.3) is 0 Å². The van der Waals surface area contributed by atoms with Crippen LogP contribution in [0.15, 0.2) is 0 Å². The summed E-state index contributed by atoms with van der Waals surface area (Å²) in [5.74, 6) is -0.416. The van der Waals surface area contributed by atoms with E-state index in [1.165, 1.54) is 0 Å². The lowest BCUT2D eigenvalue weighted by Crippen LogP contribution is -2.41. The minimum absolute atomic E-state index is 0.192. The largest absolute Gasteiger partial charge is 0.460 e. The van der Waals surface area contributed by atoms with Crippen LogP contribution in [-0.4, -0.2) is 49.6 Å². The number of rotatable bonds is 0. The van der Waals surface area contributed by atoms with E-state index in [4.69, 9.17) is 18.9 Å². The zero-order chi connectivity index (χ0) is 15.4. The van der Waals surface area contributed by atoms with Crippen molar-refractivity contribution in [1.82, 2.24) is 0 Å². The van der Waals surface area contributed by atoms with Crippen LogP contribution >= 0.6 is 0 Å². The molecule has 4 atom stereocenters. The molecular formula is C16H24O6. The van der Waals surface area contributed by atoms with Gasteiger partial charge >= 0.3 is 11.9 Å². The van der Waals surface area contributed by atoms with Crippen molar-refractivity contribution in [2.24, 2.45) is 0 Å². The molecule has 3 aliphatic heterocycles. The molecule has 0 N–H and O–H groups in total. The van der Waals surface area contributed by atoms with Gasteiger partial charge in [-0.2, -0.15) is 0 Å². The first kappa shape index (κ1) is 15.7. The maximum absolute atomic E-state index is 12.1. The number of fused-ring (bicyclic) bond motifs is 2. The number of ether oxygens (including phenoxy) is 4. The minimum Gasteiger partial charge on any atom is -0.460 e. The molecular weight excluding hydrogens is 288 g/mol. The number of carbonyl (C=O) groups is 2. The Balaban J connectivity index is 1.67. The highest BCUT2D eigenvalue weighted by molar-refractivity contribution is 5.70. The van der Waals surface area contributed by atoms with E-state index < -0.39 is 0 Å². The van der Waals surface area contributed by atoms with Gasteiger partial charge in [0.05, 0.1) is 12.2 Å². The molecule has 0 aliphatic carbocycles. The average Bonchev–Trinajstić information content (AvgIpc) is 2.52. The molecule has 22 heavy (non-hydrogen) atoms. The van der Waals surface area contributed by atoms with Gasteiger partial charge < -0.3 is 18.9 Å². The molecule has 0 aromatic heterocycles. The third-order valence-corrected chi connectivity index (χ3v) is 4.59. The Bertz CT molecular complexity index is 371. The fourth-order valence-electron chi connectivity index (χ4n) is 3.41. The summed E-state index contributed by atoms with van der Waals surface area (Å²) < 4.78 is 22.5. The molecule has 3 rings (SSSR count). The Morgan fingerprint density at radius 1 is 0.636 bits per heavy atom. The molecule has 0 saturated carbocycles. The Labute approximate surface area is 130 Å². The quantitative estimate of drug-likeness (QED) is 0.635. The molecule has 0 unspecified atom stereocenters. The van der Waals surface area contributed by atoms with Crippen LogP contribution in [0.5, 0.6) is 0 Å². The summed E-state index contributed by atoms with van der Waals surface area (Å²) in [6.45, 7) is 1.32. The minimum atomic E-state index is -0.239. The highest BCUT2D eigenvalue weighted by atomic mass is 16.6. The number of carbonyl (C=O) groups excluding carboxylic acids is 2. The first-order valence-corrected chi connectivity index (χ1v) is 8.34. The predicted molar refractivity (Wildman–Crippen MR) is 76.2 cm³/mol. The highest BCUT2D eigenvalue weighted by Crippen LogP contribution is 2.26. The van der Waals surface area contributed by atoms with E-state index in [1.54, 1.807) is 0 Å². The van der Waals surface area contributed by atoms with Crippen molar-refractivity contribution < 1.29 is 28.5 Å². The molecule has 3 saturated heterocycles. The molecule has 0 bridgehead atoms. The summed E-state index contributed by atoms with van der Waals surface area (Å²) >= 11 is 0. The predicted octanol–water partition coefficient (Wildman–Crippen LogP) is 1.74. The van der Waals surface area contributed by atoms with E-state index in [0.717, 1.165) is 25.7 Å². The van der Waals surface area contributed by atoms with Crippen molar-refractivity contribution in [1.29, 1.82) is 0 Å². The van der Waals surface area contributed by atoms with Crippen LogP contribution in [0.3, 0.4) is 0 Å². The second kappa shape index (κ2) is 7.42. The molecule has 0 aromatic rings. The molecule has 3 heterocycles. The van der Waals surface area contributed by atoms with E-state index in [-0.39, 0.29) is 36.4 Å². The van der Waals surface area contributed by atoms with Gasteiger partial charge in [0.1, 0.15) is 12.2 Å². The molecule has 3 fully saturated rings. The van der Waals surface area contributed by atoms with Gasteiger partial charge in [-0.15, -0.1) is 0 Å². The number of esters is 2. The lowest BCUT2D eigenvalue weighted by atomic mass is 9.99. The van der Waals surface area contributed by atoms with E-state index in [2.05, 4.69) is 0 Å². The Morgan fingerprint density at radius 3 is 1.55 bits per heavy atom. The zero-order valence-corrected chi connectivity index (χ0v) is 12.8. The van der Waals surface area contributed by atoms with Gasteiger partial charge in [0.15, 0.2) is 0 Å². The monoisotopic (exact) mass is 312 g/mol. The van der Waals surface area contributed by atoms with Crippen LogP contribution < -0.4 is 0 Å². The van der Waals surface area contributed by atoms with Crippen LogP contribution in [0.2, 0.25) is 0 Å². The van der Waals surface area contributed by atoms with Gasteiger partial charge in [-0.05, 0) is 38.5 Å². The fraction of sp³-hybridized carbons (Fsp3) is 0.875. The Morgan fingerprint density at radius 2 is 1.09 bits per heavy atom. The second-order valence-electron chi connectivity index (χ2n) is 6.24. The SMILES string of the molecule is O=C1CC[C@H]2OCCC[C@H]2OC(=O)CC[C@H]2OCCC[C@H]2O1. The van der Waals surface area contributed by atoms with Crippen molar-refractivity contribution in [2.45, 2.75) is 75.8 Å². The standard InChI is InChI=1S/C16H24O6/c17-15-8-6-12-14(4-2-10-20-12)22-16(18)7-5-11-13(21-15)3-1-9-19-11/h11-14H,1-10H2/t11-,12-,13-,14-/m1/s1. The summed E-state index contributed by atoms with van der Waals surface area (Å²) in [4.78, 5) is 24.1. The number of hydrogen-bond donors (Lipinski definition) is 0. The van der Waals surface area contributed by atoms with Crippen molar-refractivity contribution >= 4 is 11.9 Å².